The molecule has 0 spiro atoms. The van der Waals surface area contributed by atoms with Gasteiger partial charge in [-0.1, -0.05) is 48.0 Å². The fourth-order valence-electron chi connectivity index (χ4n) is 3.15. The van der Waals surface area contributed by atoms with E-state index in [1.165, 1.54) is 5.56 Å². The molecule has 28 heavy (non-hydrogen) atoms. The lowest BCUT2D eigenvalue weighted by Gasteiger charge is -2.12. The van der Waals surface area contributed by atoms with Crippen LogP contribution in [0.25, 0.3) is 28.7 Å². The van der Waals surface area contributed by atoms with E-state index in [1.54, 1.807) is 4.57 Å². The summed E-state index contributed by atoms with van der Waals surface area (Å²) in [5.41, 5.74) is 4.85. The molecule has 3 aromatic carbocycles. The second kappa shape index (κ2) is 7.72. The quantitative estimate of drug-likeness (QED) is 0.350. The van der Waals surface area contributed by atoms with Crippen molar-refractivity contribution in [3.8, 4) is 5.69 Å². The number of hydrogen-bond donors (Lipinski definition) is 0. The van der Waals surface area contributed by atoms with Gasteiger partial charge < -0.3 is 0 Å². The molecule has 1 heterocycles. The van der Waals surface area contributed by atoms with Crippen LogP contribution in [0.3, 0.4) is 0 Å². The number of aromatic nitrogens is 2. The zero-order valence-corrected chi connectivity index (χ0v) is 17.8. The molecule has 0 amide bonds. The predicted molar refractivity (Wildman–Crippen MR) is 125 cm³/mol. The number of hydrogen-bond acceptors (Lipinski definition) is 2. The summed E-state index contributed by atoms with van der Waals surface area (Å²) in [6.07, 6.45) is 3.90. The van der Waals surface area contributed by atoms with Crippen LogP contribution in [0.5, 0.6) is 0 Å². The summed E-state index contributed by atoms with van der Waals surface area (Å²) >= 11 is 2.22. The van der Waals surface area contributed by atoms with Crippen molar-refractivity contribution in [2.75, 3.05) is 0 Å². The van der Waals surface area contributed by atoms with Gasteiger partial charge in [-0.25, -0.2) is 4.98 Å². The first-order chi connectivity index (χ1) is 13.5. The first kappa shape index (κ1) is 18.6. The highest BCUT2D eigenvalue weighted by atomic mass is 127. The van der Waals surface area contributed by atoms with Crippen molar-refractivity contribution in [3.05, 3.63) is 103 Å². The van der Waals surface area contributed by atoms with Gasteiger partial charge in [0, 0.05) is 3.57 Å². The van der Waals surface area contributed by atoms with Crippen molar-refractivity contribution >= 4 is 45.6 Å². The molecule has 0 unspecified atom stereocenters. The SMILES string of the molecule is Cc1ccc(C=Cc2nc3ccc(I)cc3c(=O)n2-c2cccc(C)c2)cc1. The molecule has 0 aliphatic heterocycles. The number of aryl methyl sites for hydroxylation is 2. The normalized spacial score (nSPS) is 11.4. The monoisotopic (exact) mass is 478 g/mol. The average molecular weight is 478 g/mol. The molecule has 4 aromatic rings. The largest absolute Gasteiger partial charge is 0.268 e. The minimum atomic E-state index is -0.0577. The van der Waals surface area contributed by atoms with Crippen LogP contribution in [0.1, 0.15) is 22.5 Å². The maximum absolute atomic E-state index is 13.4. The number of benzene rings is 3. The zero-order chi connectivity index (χ0) is 19.7. The molecule has 3 nitrogen and oxygen atoms in total. The van der Waals surface area contributed by atoms with E-state index in [-0.39, 0.29) is 5.56 Å². The fourth-order valence-corrected chi connectivity index (χ4v) is 3.64. The number of halogens is 1. The maximum atomic E-state index is 13.4. The zero-order valence-electron chi connectivity index (χ0n) is 15.7. The standard InChI is InChI=1S/C24H19IN2O/c1-16-6-8-18(9-7-16)10-13-23-26-22-12-11-19(25)15-21(22)24(28)27(23)20-5-3-4-17(2)14-20/h3-15H,1-2H3. The highest BCUT2D eigenvalue weighted by Gasteiger charge is 2.11. The summed E-state index contributed by atoms with van der Waals surface area (Å²) in [6, 6.07) is 22.0. The molecule has 0 aliphatic rings. The first-order valence-electron chi connectivity index (χ1n) is 9.05. The molecule has 0 radical (unpaired) electrons. The van der Waals surface area contributed by atoms with Gasteiger partial charge in [-0.15, -0.1) is 0 Å². The average Bonchev–Trinajstić information content (AvgIpc) is 2.68. The molecule has 0 N–H and O–H groups in total. The molecular formula is C24H19IN2O. The van der Waals surface area contributed by atoms with Crippen molar-refractivity contribution in [2.45, 2.75) is 13.8 Å². The third-order valence-corrected chi connectivity index (χ3v) is 5.29. The third kappa shape index (κ3) is 3.78. The Morgan fingerprint density at radius 2 is 1.68 bits per heavy atom. The lowest BCUT2D eigenvalue weighted by Crippen LogP contribution is -2.22. The molecular weight excluding hydrogens is 459 g/mol. The number of fused-ring (bicyclic) bond motifs is 1. The molecule has 0 aliphatic carbocycles. The van der Waals surface area contributed by atoms with Gasteiger partial charge in [0.1, 0.15) is 5.82 Å². The second-order valence-electron chi connectivity index (χ2n) is 6.86. The molecule has 4 rings (SSSR count). The van der Waals surface area contributed by atoms with Gasteiger partial charge in [-0.3, -0.25) is 9.36 Å². The van der Waals surface area contributed by atoms with Gasteiger partial charge in [-0.05, 0) is 84.0 Å². The second-order valence-corrected chi connectivity index (χ2v) is 8.10. The summed E-state index contributed by atoms with van der Waals surface area (Å²) < 4.78 is 2.71. The van der Waals surface area contributed by atoms with Crippen LogP contribution in [0.15, 0.2) is 71.5 Å². The number of nitrogens with zero attached hydrogens (tertiary/aromatic N) is 2. The smallest absolute Gasteiger partial charge is 0.266 e. The van der Waals surface area contributed by atoms with Gasteiger partial charge in [-0.2, -0.15) is 0 Å². The molecule has 0 fully saturated rings. The van der Waals surface area contributed by atoms with Crippen molar-refractivity contribution < 1.29 is 0 Å². The Hall–Kier alpha value is -2.73. The summed E-state index contributed by atoms with van der Waals surface area (Å²) in [7, 11) is 0. The highest BCUT2D eigenvalue weighted by Crippen LogP contribution is 2.18. The van der Waals surface area contributed by atoms with Crippen molar-refractivity contribution in [1.82, 2.24) is 9.55 Å². The molecule has 138 valence electrons. The topological polar surface area (TPSA) is 34.9 Å². The van der Waals surface area contributed by atoms with E-state index in [2.05, 4.69) is 53.8 Å². The van der Waals surface area contributed by atoms with Crippen molar-refractivity contribution in [3.63, 3.8) is 0 Å². The molecule has 4 heteroatoms. The van der Waals surface area contributed by atoms with E-state index < -0.39 is 0 Å². The van der Waals surface area contributed by atoms with Gasteiger partial charge in [0.05, 0.1) is 16.6 Å². The Bertz CT molecular complexity index is 1250. The van der Waals surface area contributed by atoms with E-state index in [0.717, 1.165) is 20.4 Å². The summed E-state index contributed by atoms with van der Waals surface area (Å²) in [5.74, 6) is 0.616. The molecule has 1 aromatic heterocycles. The van der Waals surface area contributed by atoms with E-state index in [0.29, 0.717) is 16.7 Å². The minimum absolute atomic E-state index is 0.0577. The van der Waals surface area contributed by atoms with Crippen LogP contribution in [-0.4, -0.2) is 9.55 Å². The maximum Gasteiger partial charge on any atom is 0.266 e. The number of rotatable bonds is 3. The van der Waals surface area contributed by atoms with Crippen molar-refractivity contribution in [1.29, 1.82) is 0 Å². The van der Waals surface area contributed by atoms with Crippen LogP contribution in [0.2, 0.25) is 0 Å². The van der Waals surface area contributed by atoms with Gasteiger partial charge >= 0.3 is 0 Å². The highest BCUT2D eigenvalue weighted by molar-refractivity contribution is 14.1. The van der Waals surface area contributed by atoms with Gasteiger partial charge in [0.2, 0.25) is 0 Å². The Labute approximate surface area is 177 Å². The van der Waals surface area contributed by atoms with Crippen molar-refractivity contribution in [2.24, 2.45) is 0 Å². The van der Waals surface area contributed by atoms with Crippen LogP contribution in [0, 0.1) is 17.4 Å². The Morgan fingerprint density at radius 3 is 2.43 bits per heavy atom. The Kier molecular flexibility index (Phi) is 5.13. The summed E-state index contributed by atoms with van der Waals surface area (Å²) in [5, 5.41) is 0.626. The molecule has 0 saturated carbocycles. The van der Waals surface area contributed by atoms with Crippen LogP contribution < -0.4 is 5.56 Å². The lowest BCUT2D eigenvalue weighted by molar-refractivity contribution is 0.942. The van der Waals surface area contributed by atoms with E-state index in [4.69, 9.17) is 4.98 Å². The lowest BCUT2D eigenvalue weighted by atomic mass is 10.1. The summed E-state index contributed by atoms with van der Waals surface area (Å²) in [4.78, 5) is 18.1. The van der Waals surface area contributed by atoms with Gasteiger partial charge in [0.25, 0.3) is 5.56 Å². The minimum Gasteiger partial charge on any atom is -0.268 e. The molecule has 0 bridgehead atoms. The Morgan fingerprint density at radius 1 is 0.893 bits per heavy atom. The Balaban J connectivity index is 1.95. The molecule has 0 atom stereocenters. The van der Waals surface area contributed by atoms with Crippen LogP contribution >= 0.6 is 22.6 Å². The van der Waals surface area contributed by atoms with Gasteiger partial charge in [0.15, 0.2) is 0 Å². The summed E-state index contributed by atoms with van der Waals surface area (Å²) in [6.45, 7) is 4.09. The van der Waals surface area contributed by atoms with E-state index >= 15 is 0 Å². The predicted octanol–water partition coefficient (Wildman–Crippen LogP) is 5.78. The van der Waals surface area contributed by atoms with E-state index in [1.807, 2.05) is 61.5 Å². The first-order valence-corrected chi connectivity index (χ1v) is 10.1. The van der Waals surface area contributed by atoms with E-state index in [9.17, 15) is 4.79 Å². The third-order valence-electron chi connectivity index (χ3n) is 4.62. The fraction of sp³-hybridized carbons (Fsp3) is 0.0833. The van der Waals surface area contributed by atoms with Crippen LogP contribution in [0.4, 0.5) is 0 Å². The van der Waals surface area contributed by atoms with Crippen LogP contribution in [-0.2, 0) is 0 Å². The molecule has 0 saturated heterocycles.